The Morgan fingerprint density at radius 2 is 1.91 bits per heavy atom. The van der Waals surface area contributed by atoms with Gasteiger partial charge in [-0.1, -0.05) is 61.2 Å². The Balaban J connectivity index is 2.70. The Labute approximate surface area is 143 Å². The summed E-state index contributed by atoms with van der Waals surface area (Å²) in [5.41, 5.74) is 3.52. The molecule has 2 aromatic carbocycles. The number of carbonyl (C=O) groups excluding carboxylic acids is 1. The molecule has 0 aliphatic carbocycles. The molecule has 2 aromatic rings. The first kappa shape index (κ1) is 17.3. The number of hydrogen-bond acceptors (Lipinski definition) is 1. The second kappa shape index (κ2) is 7.47. The second-order valence-corrected chi connectivity index (χ2v) is 6.32. The van der Waals surface area contributed by atoms with E-state index < -0.39 is 0 Å². The Morgan fingerprint density at radius 1 is 1.17 bits per heavy atom. The SMILES string of the molecule is C=C/C=c1/ccc(=C)c2c(/C=C(\C)CCC(=O)S)ccc(C)c12. The molecular formula is C21H22OS. The van der Waals surface area contributed by atoms with Gasteiger partial charge in [-0.15, -0.1) is 12.6 Å². The zero-order chi connectivity index (χ0) is 17.0. The van der Waals surface area contributed by atoms with E-state index in [1.807, 2.05) is 25.1 Å². The van der Waals surface area contributed by atoms with Crippen LogP contribution in [0.4, 0.5) is 0 Å². The molecule has 2 heteroatoms. The van der Waals surface area contributed by atoms with Crippen LogP contribution in [0.15, 0.2) is 42.5 Å². The molecular weight excluding hydrogens is 300 g/mol. The lowest BCUT2D eigenvalue weighted by molar-refractivity contribution is -0.110. The van der Waals surface area contributed by atoms with Crippen molar-refractivity contribution in [1.82, 2.24) is 0 Å². The van der Waals surface area contributed by atoms with E-state index in [0.717, 1.165) is 33.4 Å². The van der Waals surface area contributed by atoms with Crippen LogP contribution in [0.1, 0.15) is 30.9 Å². The Hall–Kier alpha value is -2.06. The van der Waals surface area contributed by atoms with Gasteiger partial charge < -0.3 is 0 Å². The minimum Gasteiger partial charge on any atom is -0.287 e. The van der Waals surface area contributed by atoms with E-state index in [2.05, 4.69) is 57.0 Å². The number of carbonyl (C=O) groups is 1. The Kier molecular flexibility index (Phi) is 5.62. The molecule has 0 fully saturated rings. The van der Waals surface area contributed by atoms with E-state index in [-0.39, 0.29) is 5.12 Å². The predicted molar refractivity (Wildman–Crippen MR) is 105 cm³/mol. The van der Waals surface area contributed by atoms with Gasteiger partial charge in [-0.05, 0) is 52.6 Å². The first-order chi connectivity index (χ1) is 10.9. The first-order valence-electron chi connectivity index (χ1n) is 7.67. The lowest BCUT2D eigenvalue weighted by atomic mass is 9.95. The summed E-state index contributed by atoms with van der Waals surface area (Å²) in [6, 6.07) is 8.38. The number of fused-ring (bicyclic) bond motifs is 1. The van der Waals surface area contributed by atoms with E-state index in [1.165, 1.54) is 10.9 Å². The first-order valence-corrected chi connectivity index (χ1v) is 8.11. The van der Waals surface area contributed by atoms with Crippen molar-refractivity contribution in [2.24, 2.45) is 0 Å². The minimum atomic E-state index is -0.0766. The van der Waals surface area contributed by atoms with Crippen LogP contribution in [0.2, 0.25) is 0 Å². The van der Waals surface area contributed by atoms with Gasteiger partial charge in [-0.3, -0.25) is 4.79 Å². The largest absolute Gasteiger partial charge is 0.287 e. The van der Waals surface area contributed by atoms with Crippen molar-refractivity contribution in [3.05, 3.63) is 64.1 Å². The molecule has 0 aliphatic heterocycles. The normalized spacial score (nSPS) is 12.7. The van der Waals surface area contributed by atoms with Gasteiger partial charge in [-0.25, -0.2) is 0 Å². The van der Waals surface area contributed by atoms with Gasteiger partial charge in [0.2, 0.25) is 0 Å². The van der Waals surface area contributed by atoms with E-state index in [1.54, 1.807) is 0 Å². The highest BCUT2D eigenvalue weighted by atomic mass is 32.1. The second-order valence-electron chi connectivity index (χ2n) is 5.82. The number of benzene rings is 2. The Morgan fingerprint density at radius 3 is 2.57 bits per heavy atom. The summed E-state index contributed by atoms with van der Waals surface area (Å²) in [6.07, 6.45) is 7.16. The van der Waals surface area contributed by atoms with Crippen LogP contribution in [0.3, 0.4) is 0 Å². The molecule has 0 N–H and O–H groups in total. The summed E-state index contributed by atoms with van der Waals surface area (Å²) in [5.74, 6) is 0. The summed E-state index contributed by atoms with van der Waals surface area (Å²) < 4.78 is 0. The maximum absolute atomic E-state index is 11.0. The van der Waals surface area contributed by atoms with Crippen LogP contribution in [0.5, 0.6) is 0 Å². The van der Waals surface area contributed by atoms with Gasteiger partial charge in [0.15, 0.2) is 5.12 Å². The van der Waals surface area contributed by atoms with Crippen molar-refractivity contribution < 1.29 is 4.79 Å². The zero-order valence-corrected chi connectivity index (χ0v) is 14.6. The predicted octanol–water partition coefficient (Wildman–Crippen LogP) is 4.16. The highest BCUT2D eigenvalue weighted by molar-refractivity contribution is 7.96. The summed E-state index contributed by atoms with van der Waals surface area (Å²) in [4.78, 5) is 11.0. The molecule has 0 amide bonds. The molecule has 0 aliphatic rings. The van der Waals surface area contributed by atoms with Crippen molar-refractivity contribution >= 4 is 47.2 Å². The van der Waals surface area contributed by atoms with Gasteiger partial charge in [-0.2, -0.15) is 0 Å². The molecule has 118 valence electrons. The van der Waals surface area contributed by atoms with Gasteiger partial charge in [0.1, 0.15) is 0 Å². The molecule has 0 saturated carbocycles. The third kappa shape index (κ3) is 4.02. The van der Waals surface area contributed by atoms with Gasteiger partial charge in [0, 0.05) is 6.42 Å². The maximum atomic E-state index is 11.0. The van der Waals surface area contributed by atoms with Crippen molar-refractivity contribution in [3.8, 4) is 0 Å². The molecule has 0 spiro atoms. The molecule has 0 saturated heterocycles. The van der Waals surface area contributed by atoms with Crippen molar-refractivity contribution in [3.63, 3.8) is 0 Å². The molecule has 23 heavy (non-hydrogen) atoms. The molecule has 0 unspecified atom stereocenters. The van der Waals surface area contributed by atoms with Crippen molar-refractivity contribution in [2.75, 3.05) is 0 Å². The average molecular weight is 322 g/mol. The molecule has 2 rings (SSSR count). The monoisotopic (exact) mass is 322 g/mol. The zero-order valence-electron chi connectivity index (χ0n) is 13.7. The topological polar surface area (TPSA) is 17.1 Å². The maximum Gasteiger partial charge on any atom is 0.186 e. The summed E-state index contributed by atoms with van der Waals surface area (Å²) in [5, 5.41) is 4.46. The number of hydrogen-bond donors (Lipinski definition) is 1. The van der Waals surface area contributed by atoms with E-state index >= 15 is 0 Å². The highest BCUT2D eigenvalue weighted by Gasteiger charge is 2.05. The van der Waals surface area contributed by atoms with Crippen molar-refractivity contribution in [2.45, 2.75) is 26.7 Å². The third-order valence-electron chi connectivity index (χ3n) is 3.95. The molecule has 0 aromatic heterocycles. The number of aryl methyl sites for hydroxylation is 1. The quantitative estimate of drug-likeness (QED) is 0.818. The highest BCUT2D eigenvalue weighted by Crippen LogP contribution is 2.20. The molecule has 0 bridgehead atoms. The van der Waals surface area contributed by atoms with E-state index in [4.69, 9.17) is 0 Å². The van der Waals surface area contributed by atoms with Gasteiger partial charge in [0.05, 0.1) is 0 Å². The van der Waals surface area contributed by atoms with Crippen LogP contribution in [-0.2, 0) is 4.79 Å². The minimum absolute atomic E-state index is 0.0766. The van der Waals surface area contributed by atoms with Crippen LogP contribution >= 0.6 is 12.6 Å². The molecule has 0 radical (unpaired) electrons. The standard InChI is InChI=1S/C21H22OS/c1-5-6-17-10-8-16(4)21-18(11-9-15(3)20(17)21)13-14(2)7-12-19(22)23/h5-6,8-11,13H,1,4,7,12H2,2-3H3,(H,22,23)/b14-13+,17-6-. The number of rotatable bonds is 5. The van der Waals surface area contributed by atoms with Crippen LogP contribution in [0, 0.1) is 6.92 Å². The fourth-order valence-electron chi connectivity index (χ4n) is 2.83. The molecule has 1 nitrogen and oxygen atoms in total. The third-order valence-corrected chi connectivity index (χ3v) is 4.18. The van der Waals surface area contributed by atoms with Gasteiger partial charge >= 0.3 is 0 Å². The van der Waals surface area contributed by atoms with Crippen molar-refractivity contribution in [1.29, 1.82) is 0 Å². The lowest BCUT2D eigenvalue weighted by Gasteiger charge is -2.09. The fourth-order valence-corrected chi connectivity index (χ4v) is 2.94. The summed E-state index contributed by atoms with van der Waals surface area (Å²) in [6.45, 7) is 12.2. The van der Waals surface area contributed by atoms with E-state index in [9.17, 15) is 4.79 Å². The Bertz CT molecular complexity index is 904. The molecule has 0 heterocycles. The molecule has 0 atom stereocenters. The van der Waals surface area contributed by atoms with Gasteiger partial charge in [0.25, 0.3) is 0 Å². The number of thiol groups is 1. The van der Waals surface area contributed by atoms with Crippen LogP contribution in [-0.4, -0.2) is 5.12 Å². The lowest BCUT2D eigenvalue weighted by Crippen LogP contribution is -2.12. The summed E-state index contributed by atoms with van der Waals surface area (Å²) >= 11 is 3.83. The summed E-state index contributed by atoms with van der Waals surface area (Å²) in [7, 11) is 0. The van der Waals surface area contributed by atoms with Crippen LogP contribution < -0.4 is 10.4 Å². The van der Waals surface area contributed by atoms with E-state index in [0.29, 0.717) is 6.42 Å². The number of allylic oxidation sites excluding steroid dienone is 2. The fraction of sp³-hybridized carbons (Fsp3) is 0.190. The average Bonchev–Trinajstić information content (AvgIpc) is 2.50. The smallest absolute Gasteiger partial charge is 0.186 e. The van der Waals surface area contributed by atoms with Crippen LogP contribution in [0.25, 0.3) is 29.5 Å².